The second kappa shape index (κ2) is 14.9. The predicted molar refractivity (Wildman–Crippen MR) is 142 cm³/mol. The predicted octanol–water partition coefficient (Wildman–Crippen LogP) is 2.97. The molecule has 32 heavy (non-hydrogen) atoms. The van der Waals surface area contributed by atoms with Crippen LogP contribution in [0, 0.1) is 5.92 Å². The van der Waals surface area contributed by atoms with Gasteiger partial charge >= 0.3 is 0 Å². The largest absolute Gasteiger partial charge is 0.497 e. The van der Waals surface area contributed by atoms with Crippen molar-refractivity contribution < 1.29 is 9.47 Å². The molecule has 1 atom stereocenters. The average Bonchev–Trinajstić information content (AvgIpc) is 2.83. The molecule has 0 bridgehead atoms. The summed E-state index contributed by atoms with van der Waals surface area (Å²) in [5.41, 5.74) is 1.29. The molecule has 2 fully saturated rings. The lowest BCUT2D eigenvalue weighted by Crippen LogP contribution is -2.47. The zero-order chi connectivity index (χ0) is 21.9. The molecule has 0 radical (unpaired) electrons. The fourth-order valence-corrected chi connectivity index (χ4v) is 4.56. The minimum atomic E-state index is 0. The van der Waals surface area contributed by atoms with E-state index in [1.54, 1.807) is 7.11 Å². The Kier molecular flexibility index (Phi) is 12.7. The van der Waals surface area contributed by atoms with Gasteiger partial charge in [-0.15, -0.1) is 24.0 Å². The number of likely N-dealkylation sites (tertiary alicyclic amines) is 1. The summed E-state index contributed by atoms with van der Waals surface area (Å²) in [5.74, 6) is 2.51. The van der Waals surface area contributed by atoms with E-state index in [4.69, 9.17) is 9.47 Å². The molecule has 0 aromatic heterocycles. The number of benzene rings is 1. The molecule has 0 saturated carbocycles. The third kappa shape index (κ3) is 8.35. The molecule has 0 aliphatic carbocycles. The van der Waals surface area contributed by atoms with Crippen LogP contribution >= 0.6 is 24.0 Å². The second-order valence-electron chi connectivity index (χ2n) is 8.56. The van der Waals surface area contributed by atoms with E-state index in [1.165, 1.54) is 44.5 Å². The van der Waals surface area contributed by atoms with Crippen molar-refractivity contribution >= 4 is 29.9 Å². The molecule has 2 aliphatic rings. The number of nitrogens with zero attached hydrogens (tertiary/aromatic N) is 3. The lowest BCUT2D eigenvalue weighted by Gasteiger charge is -2.35. The van der Waals surface area contributed by atoms with Crippen LogP contribution in [0.1, 0.15) is 37.8 Å². The van der Waals surface area contributed by atoms with Crippen LogP contribution < -0.4 is 15.4 Å². The minimum Gasteiger partial charge on any atom is -0.497 e. The number of hydrogen-bond acceptors (Lipinski definition) is 5. The highest BCUT2D eigenvalue weighted by Gasteiger charge is 2.23. The maximum Gasteiger partial charge on any atom is 0.191 e. The van der Waals surface area contributed by atoms with Gasteiger partial charge in [-0.25, -0.2) is 0 Å². The van der Waals surface area contributed by atoms with Gasteiger partial charge in [0, 0.05) is 33.2 Å². The van der Waals surface area contributed by atoms with Crippen molar-refractivity contribution in [3.05, 3.63) is 29.8 Å². The quantitative estimate of drug-likeness (QED) is 0.276. The van der Waals surface area contributed by atoms with Gasteiger partial charge < -0.3 is 25.0 Å². The van der Waals surface area contributed by atoms with E-state index in [1.807, 2.05) is 19.2 Å². The second-order valence-corrected chi connectivity index (χ2v) is 8.56. The van der Waals surface area contributed by atoms with Crippen LogP contribution in [0.2, 0.25) is 0 Å². The molecule has 182 valence electrons. The molecule has 3 rings (SSSR count). The van der Waals surface area contributed by atoms with E-state index >= 15 is 0 Å². The van der Waals surface area contributed by atoms with Gasteiger partial charge in [-0.1, -0.05) is 19.1 Å². The minimum absolute atomic E-state index is 0. The van der Waals surface area contributed by atoms with E-state index in [0.717, 1.165) is 57.0 Å². The summed E-state index contributed by atoms with van der Waals surface area (Å²) >= 11 is 0. The number of morpholine rings is 1. The van der Waals surface area contributed by atoms with E-state index in [-0.39, 0.29) is 30.0 Å². The maximum atomic E-state index is 5.58. The summed E-state index contributed by atoms with van der Waals surface area (Å²) < 4.78 is 10.9. The van der Waals surface area contributed by atoms with Crippen LogP contribution in [0.3, 0.4) is 0 Å². The highest BCUT2D eigenvalue weighted by molar-refractivity contribution is 14.0. The van der Waals surface area contributed by atoms with Crippen molar-refractivity contribution in [2.24, 2.45) is 10.9 Å². The van der Waals surface area contributed by atoms with E-state index in [2.05, 4.69) is 44.5 Å². The van der Waals surface area contributed by atoms with Gasteiger partial charge in [0.25, 0.3) is 0 Å². The summed E-state index contributed by atoms with van der Waals surface area (Å²) in [6, 6.07) is 8.69. The topological polar surface area (TPSA) is 61.4 Å². The zero-order valence-electron chi connectivity index (χ0n) is 20.0. The van der Waals surface area contributed by atoms with Gasteiger partial charge in [0.2, 0.25) is 0 Å². The normalized spacial score (nSPS) is 19.8. The van der Waals surface area contributed by atoms with Crippen LogP contribution in [-0.2, 0) is 4.74 Å². The van der Waals surface area contributed by atoms with Crippen LogP contribution in [0.5, 0.6) is 5.75 Å². The van der Waals surface area contributed by atoms with Gasteiger partial charge in [-0.3, -0.25) is 9.89 Å². The monoisotopic (exact) mass is 559 g/mol. The first-order valence-electron chi connectivity index (χ1n) is 11.9. The number of guanidine groups is 1. The molecule has 7 nitrogen and oxygen atoms in total. The van der Waals surface area contributed by atoms with Gasteiger partial charge in [-0.2, -0.15) is 0 Å². The SMILES string of the molecule is CCCN1CCC(CNC(=NC)NCC(c2ccc(OC)cc2)N2CCOCC2)CC1.I. The number of nitrogens with one attached hydrogen (secondary N) is 2. The molecule has 2 saturated heterocycles. The van der Waals surface area contributed by atoms with E-state index < -0.39 is 0 Å². The molecule has 2 aliphatic heterocycles. The van der Waals surface area contributed by atoms with Gasteiger partial charge in [0.15, 0.2) is 5.96 Å². The lowest BCUT2D eigenvalue weighted by molar-refractivity contribution is 0.0170. The van der Waals surface area contributed by atoms with Crippen LogP contribution in [0.25, 0.3) is 0 Å². The average molecular weight is 560 g/mol. The van der Waals surface area contributed by atoms with Crippen LogP contribution in [0.4, 0.5) is 0 Å². The number of hydrogen-bond donors (Lipinski definition) is 2. The number of piperidine rings is 1. The Morgan fingerprint density at radius 1 is 1.12 bits per heavy atom. The highest BCUT2D eigenvalue weighted by atomic mass is 127. The van der Waals surface area contributed by atoms with Gasteiger partial charge in [-0.05, 0) is 62.5 Å². The number of methoxy groups -OCH3 is 1. The Balaban J connectivity index is 0.00000363. The number of halogens is 1. The Hall–Kier alpha value is -1.10. The van der Waals surface area contributed by atoms with Crippen molar-refractivity contribution in [1.29, 1.82) is 0 Å². The van der Waals surface area contributed by atoms with Crippen molar-refractivity contribution in [2.45, 2.75) is 32.2 Å². The highest BCUT2D eigenvalue weighted by Crippen LogP contribution is 2.23. The maximum absolute atomic E-state index is 5.58. The molecule has 8 heteroatoms. The molecule has 1 aromatic carbocycles. The van der Waals surface area contributed by atoms with Crippen molar-refractivity contribution in [3.8, 4) is 5.75 Å². The van der Waals surface area contributed by atoms with Crippen molar-refractivity contribution in [2.75, 3.05) is 73.2 Å². The summed E-state index contributed by atoms with van der Waals surface area (Å²) in [4.78, 5) is 9.56. The molecular weight excluding hydrogens is 517 g/mol. The molecule has 2 heterocycles. The summed E-state index contributed by atoms with van der Waals surface area (Å²) in [5, 5.41) is 7.15. The molecule has 2 N–H and O–H groups in total. The molecule has 1 unspecified atom stereocenters. The van der Waals surface area contributed by atoms with E-state index in [9.17, 15) is 0 Å². The summed E-state index contributed by atoms with van der Waals surface area (Å²) in [6.07, 6.45) is 3.79. The van der Waals surface area contributed by atoms with Gasteiger partial charge in [0.1, 0.15) is 5.75 Å². The molecule has 0 amide bonds. The Morgan fingerprint density at radius 3 is 2.41 bits per heavy atom. The first-order chi connectivity index (χ1) is 15.2. The Labute approximate surface area is 211 Å². The van der Waals surface area contributed by atoms with Crippen LogP contribution in [-0.4, -0.2) is 88.9 Å². The third-order valence-electron chi connectivity index (χ3n) is 6.48. The number of rotatable bonds is 9. The lowest BCUT2D eigenvalue weighted by atomic mass is 9.97. The Morgan fingerprint density at radius 2 is 1.81 bits per heavy atom. The van der Waals surface area contributed by atoms with Crippen LogP contribution in [0.15, 0.2) is 29.3 Å². The van der Waals surface area contributed by atoms with Crippen molar-refractivity contribution in [3.63, 3.8) is 0 Å². The summed E-state index contributed by atoms with van der Waals surface area (Å²) in [7, 11) is 3.57. The third-order valence-corrected chi connectivity index (χ3v) is 6.48. The van der Waals surface area contributed by atoms with Gasteiger partial charge in [0.05, 0.1) is 26.4 Å². The first kappa shape index (κ1) is 27.1. The molecule has 0 spiro atoms. The zero-order valence-corrected chi connectivity index (χ0v) is 22.3. The smallest absolute Gasteiger partial charge is 0.191 e. The van der Waals surface area contributed by atoms with Crippen molar-refractivity contribution in [1.82, 2.24) is 20.4 Å². The standard InChI is InChI=1S/C24H41N5O2.HI/c1-4-11-28-12-9-20(10-13-28)18-26-24(25-2)27-19-23(29-14-16-31-17-15-29)21-5-7-22(30-3)8-6-21;/h5-8,20,23H,4,9-19H2,1-3H3,(H2,25,26,27);1H. The fourth-order valence-electron chi connectivity index (χ4n) is 4.56. The number of ether oxygens (including phenoxy) is 2. The molecule has 1 aromatic rings. The fraction of sp³-hybridized carbons (Fsp3) is 0.708. The molecular formula is C24H42IN5O2. The summed E-state index contributed by atoms with van der Waals surface area (Å²) in [6.45, 7) is 11.2. The van der Waals surface area contributed by atoms with E-state index in [0.29, 0.717) is 0 Å². The Bertz CT molecular complexity index is 659. The first-order valence-corrected chi connectivity index (χ1v) is 11.9. The number of aliphatic imine (C=N–C) groups is 1.